The summed E-state index contributed by atoms with van der Waals surface area (Å²) < 4.78 is 10.5. The number of amides is 1. The molecule has 1 aliphatic carbocycles. The number of ether oxygens (including phenoxy) is 1. The molecule has 1 aromatic heterocycles. The van der Waals surface area contributed by atoms with Gasteiger partial charge in [-0.3, -0.25) is 4.79 Å². The first-order valence-electron chi connectivity index (χ1n) is 6.07. The molecule has 1 saturated carbocycles. The Hall–Kier alpha value is -2.30. The molecule has 0 unspecified atom stereocenters. The standard InChI is InChI=1S/C14H14N2O3/c1-18-10-4-2-3-9(7-10)11-8-12(16-19-11)14(5-6-14)13(15)17/h2-4,7-8H,5-6H2,1H3,(H2,15,17). The highest BCUT2D eigenvalue weighted by Gasteiger charge is 2.52. The van der Waals surface area contributed by atoms with Gasteiger partial charge in [-0.05, 0) is 25.0 Å². The van der Waals surface area contributed by atoms with Crippen molar-refractivity contribution in [2.45, 2.75) is 18.3 Å². The van der Waals surface area contributed by atoms with Crippen LogP contribution in [-0.4, -0.2) is 18.2 Å². The van der Waals surface area contributed by atoms with Crippen molar-refractivity contribution in [3.8, 4) is 17.1 Å². The molecule has 0 saturated heterocycles. The fourth-order valence-corrected chi connectivity index (χ4v) is 2.17. The Balaban J connectivity index is 1.95. The lowest BCUT2D eigenvalue weighted by Gasteiger charge is -2.04. The fourth-order valence-electron chi connectivity index (χ4n) is 2.17. The van der Waals surface area contributed by atoms with E-state index in [-0.39, 0.29) is 5.91 Å². The minimum atomic E-state index is -0.610. The van der Waals surface area contributed by atoms with Crippen molar-refractivity contribution in [3.05, 3.63) is 36.0 Å². The van der Waals surface area contributed by atoms with E-state index in [1.807, 2.05) is 24.3 Å². The summed E-state index contributed by atoms with van der Waals surface area (Å²) in [7, 11) is 1.61. The van der Waals surface area contributed by atoms with Crippen molar-refractivity contribution in [1.29, 1.82) is 0 Å². The third-order valence-corrected chi connectivity index (χ3v) is 3.58. The van der Waals surface area contributed by atoms with Gasteiger partial charge in [-0.25, -0.2) is 0 Å². The maximum absolute atomic E-state index is 11.5. The van der Waals surface area contributed by atoms with E-state index in [0.717, 1.165) is 24.2 Å². The molecule has 0 atom stereocenters. The van der Waals surface area contributed by atoms with Crippen LogP contribution in [0, 0.1) is 0 Å². The molecule has 0 radical (unpaired) electrons. The van der Waals surface area contributed by atoms with Crippen LogP contribution in [0.25, 0.3) is 11.3 Å². The third kappa shape index (κ3) is 1.87. The highest BCUT2D eigenvalue weighted by atomic mass is 16.5. The zero-order valence-electron chi connectivity index (χ0n) is 10.6. The summed E-state index contributed by atoms with van der Waals surface area (Å²) in [5, 5.41) is 3.99. The van der Waals surface area contributed by atoms with Gasteiger partial charge in [0.2, 0.25) is 5.91 Å². The maximum atomic E-state index is 11.5. The Morgan fingerprint density at radius 2 is 2.21 bits per heavy atom. The molecule has 98 valence electrons. The Kier molecular flexibility index (Phi) is 2.55. The van der Waals surface area contributed by atoms with Crippen LogP contribution in [0.3, 0.4) is 0 Å². The minimum absolute atomic E-state index is 0.335. The molecule has 2 aromatic rings. The number of benzene rings is 1. The number of nitrogens with zero attached hydrogens (tertiary/aromatic N) is 1. The maximum Gasteiger partial charge on any atom is 0.229 e. The molecule has 19 heavy (non-hydrogen) atoms. The molecular formula is C14H14N2O3. The van der Waals surface area contributed by atoms with E-state index in [9.17, 15) is 4.79 Å². The number of nitrogens with two attached hydrogens (primary N) is 1. The van der Waals surface area contributed by atoms with Crippen LogP contribution in [0.5, 0.6) is 5.75 Å². The van der Waals surface area contributed by atoms with Crippen LogP contribution in [0.2, 0.25) is 0 Å². The zero-order chi connectivity index (χ0) is 13.5. The zero-order valence-corrected chi connectivity index (χ0v) is 10.6. The first-order valence-corrected chi connectivity index (χ1v) is 6.07. The predicted octanol–water partition coefficient (Wildman–Crippen LogP) is 1.87. The van der Waals surface area contributed by atoms with Crippen LogP contribution in [0.4, 0.5) is 0 Å². The number of rotatable bonds is 4. The van der Waals surface area contributed by atoms with Gasteiger partial charge in [0.05, 0.1) is 18.2 Å². The van der Waals surface area contributed by atoms with Crippen LogP contribution in [-0.2, 0) is 10.2 Å². The van der Waals surface area contributed by atoms with Crippen molar-refractivity contribution in [2.24, 2.45) is 5.73 Å². The van der Waals surface area contributed by atoms with Gasteiger partial charge >= 0.3 is 0 Å². The third-order valence-electron chi connectivity index (χ3n) is 3.58. The van der Waals surface area contributed by atoms with Gasteiger partial charge in [0.15, 0.2) is 5.76 Å². The van der Waals surface area contributed by atoms with E-state index < -0.39 is 5.41 Å². The van der Waals surface area contributed by atoms with Crippen molar-refractivity contribution in [1.82, 2.24) is 5.16 Å². The second kappa shape index (κ2) is 4.12. The number of methoxy groups -OCH3 is 1. The monoisotopic (exact) mass is 258 g/mol. The molecule has 2 N–H and O–H groups in total. The summed E-state index contributed by atoms with van der Waals surface area (Å²) in [5.41, 5.74) is 6.29. The number of hydrogen-bond donors (Lipinski definition) is 1. The van der Waals surface area contributed by atoms with E-state index >= 15 is 0 Å². The molecule has 1 aromatic carbocycles. The van der Waals surface area contributed by atoms with E-state index in [1.165, 1.54) is 0 Å². The number of primary amides is 1. The second-order valence-corrected chi connectivity index (χ2v) is 4.75. The summed E-state index contributed by atoms with van der Waals surface area (Å²) >= 11 is 0. The lowest BCUT2D eigenvalue weighted by Crippen LogP contribution is -2.28. The predicted molar refractivity (Wildman–Crippen MR) is 68.6 cm³/mol. The van der Waals surface area contributed by atoms with Crippen molar-refractivity contribution in [2.75, 3.05) is 7.11 Å². The van der Waals surface area contributed by atoms with Crippen molar-refractivity contribution >= 4 is 5.91 Å². The first kappa shape index (κ1) is 11.8. The molecule has 0 spiro atoms. The number of hydrogen-bond acceptors (Lipinski definition) is 4. The second-order valence-electron chi connectivity index (χ2n) is 4.75. The molecular weight excluding hydrogens is 244 g/mol. The lowest BCUT2D eigenvalue weighted by molar-refractivity contribution is -0.120. The lowest BCUT2D eigenvalue weighted by atomic mass is 10.0. The van der Waals surface area contributed by atoms with Crippen LogP contribution in [0.15, 0.2) is 34.9 Å². The number of carbonyl (C=O) groups is 1. The van der Waals surface area contributed by atoms with Gasteiger partial charge in [-0.2, -0.15) is 0 Å². The van der Waals surface area contributed by atoms with Crippen LogP contribution >= 0.6 is 0 Å². The van der Waals surface area contributed by atoms with Gasteiger partial charge in [0.1, 0.15) is 5.75 Å². The fraction of sp³-hybridized carbons (Fsp3) is 0.286. The molecule has 1 heterocycles. The van der Waals surface area contributed by atoms with Gasteiger partial charge < -0.3 is 15.0 Å². The number of carbonyl (C=O) groups excluding carboxylic acids is 1. The van der Waals surface area contributed by atoms with Gasteiger partial charge in [0.25, 0.3) is 0 Å². The quantitative estimate of drug-likeness (QED) is 0.908. The average molecular weight is 258 g/mol. The molecule has 0 bridgehead atoms. The highest BCUT2D eigenvalue weighted by molar-refractivity contribution is 5.89. The Labute approximate surface area is 110 Å². The molecule has 3 rings (SSSR count). The molecule has 1 amide bonds. The number of aromatic nitrogens is 1. The summed E-state index contributed by atoms with van der Waals surface area (Å²) in [6.07, 6.45) is 1.48. The summed E-state index contributed by atoms with van der Waals surface area (Å²) in [6, 6.07) is 9.27. The largest absolute Gasteiger partial charge is 0.497 e. The van der Waals surface area contributed by atoms with Crippen molar-refractivity contribution in [3.63, 3.8) is 0 Å². The normalized spacial score (nSPS) is 16.1. The SMILES string of the molecule is COc1cccc(-c2cc(C3(C(N)=O)CC3)no2)c1. The average Bonchev–Trinajstić information content (AvgIpc) is 3.10. The Bertz CT molecular complexity index is 629. The van der Waals surface area contributed by atoms with Crippen molar-refractivity contribution < 1.29 is 14.1 Å². The topological polar surface area (TPSA) is 78.4 Å². The molecule has 0 aliphatic heterocycles. The molecule has 1 fully saturated rings. The van der Waals surface area contributed by atoms with E-state index in [4.69, 9.17) is 15.0 Å². The van der Waals surface area contributed by atoms with E-state index in [1.54, 1.807) is 13.2 Å². The van der Waals surface area contributed by atoms with Crippen LogP contribution < -0.4 is 10.5 Å². The van der Waals surface area contributed by atoms with Gasteiger partial charge in [0, 0.05) is 11.6 Å². The van der Waals surface area contributed by atoms with Gasteiger partial charge in [-0.1, -0.05) is 17.3 Å². The Morgan fingerprint density at radius 3 is 2.84 bits per heavy atom. The van der Waals surface area contributed by atoms with E-state index in [0.29, 0.717) is 11.5 Å². The molecule has 5 heteroatoms. The summed E-state index contributed by atoms with van der Waals surface area (Å²) in [4.78, 5) is 11.5. The summed E-state index contributed by atoms with van der Waals surface area (Å²) in [5.74, 6) is 1.02. The van der Waals surface area contributed by atoms with Crippen LogP contribution in [0.1, 0.15) is 18.5 Å². The summed E-state index contributed by atoms with van der Waals surface area (Å²) in [6.45, 7) is 0. The Morgan fingerprint density at radius 1 is 1.42 bits per heavy atom. The smallest absolute Gasteiger partial charge is 0.229 e. The highest BCUT2D eigenvalue weighted by Crippen LogP contribution is 2.48. The molecule has 5 nitrogen and oxygen atoms in total. The molecule has 1 aliphatic rings. The first-order chi connectivity index (χ1) is 9.15. The minimum Gasteiger partial charge on any atom is -0.497 e. The van der Waals surface area contributed by atoms with Gasteiger partial charge in [-0.15, -0.1) is 0 Å². The van der Waals surface area contributed by atoms with E-state index in [2.05, 4.69) is 5.16 Å².